The topological polar surface area (TPSA) is 47.3 Å². The normalized spacial score (nSPS) is 12.5. The van der Waals surface area contributed by atoms with Crippen LogP contribution in [-0.4, -0.2) is 22.0 Å². The van der Waals surface area contributed by atoms with Gasteiger partial charge in [-0.2, -0.15) is 5.10 Å². The second-order valence-corrected chi connectivity index (χ2v) is 4.59. The maximum Gasteiger partial charge on any atom is 0.119 e. The van der Waals surface area contributed by atoms with E-state index in [2.05, 4.69) is 21.0 Å². The third-order valence-corrected chi connectivity index (χ3v) is 3.26. The first-order valence-electron chi connectivity index (χ1n) is 5.12. The Bertz CT molecular complexity index is 525. The van der Waals surface area contributed by atoms with E-state index in [1.54, 1.807) is 24.2 Å². The Morgan fingerprint density at radius 1 is 1.47 bits per heavy atom. The minimum atomic E-state index is -0.715. The summed E-state index contributed by atoms with van der Waals surface area (Å²) in [5.74, 6) is 0.714. The van der Waals surface area contributed by atoms with Gasteiger partial charge in [0.25, 0.3) is 0 Å². The number of aliphatic hydroxyl groups is 1. The van der Waals surface area contributed by atoms with E-state index in [4.69, 9.17) is 4.74 Å². The first kappa shape index (κ1) is 12.1. The van der Waals surface area contributed by atoms with Crippen molar-refractivity contribution in [2.24, 2.45) is 7.05 Å². The summed E-state index contributed by atoms with van der Waals surface area (Å²) in [7, 11) is 3.42. The monoisotopic (exact) mass is 296 g/mol. The Hall–Kier alpha value is -1.33. The van der Waals surface area contributed by atoms with Crippen molar-refractivity contribution in [3.8, 4) is 5.75 Å². The average molecular weight is 297 g/mol. The van der Waals surface area contributed by atoms with Crippen molar-refractivity contribution in [1.82, 2.24) is 9.78 Å². The third kappa shape index (κ3) is 2.50. The number of methoxy groups -OCH3 is 1. The number of aliphatic hydroxyl groups excluding tert-OH is 1. The molecule has 0 aliphatic heterocycles. The lowest BCUT2D eigenvalue weighted by atomic mass is 10.0. The highest BCUT2D eigenvalue weighted by Gasteiger charge is 2.16. The maximum absolute atomic E-state index is 10.3. The van der Waals surface area contributed by atoms with Gasteiger partial charge in [0.15, 0.2) is 0 Å². The number of hydrogen-bond acceptors (Lipinski definition) is 3. The minimum Gasteiger partial charge on any atom is -0.497 e. The van der Waals surface area contributed by atoms with Crippen LogP contribution in [0.15, 0.2) is 35.1 Å². The molecule has 0 saturated carbocycles. The molecule has 1 atom stereocenters. The van der Waals surface area contributed by atoms with Crippen molar-refractivity contribution >= 4 is 15.9 Å². The zero-order valence-electron chi connectivity index (χ0n) is 9.59. The summed E-state index contributed by atoms with van der Waals surface area (Å²) in [6, 6.07) is 5.50. The Labute approximate surface area is 108 Å². The highest BCUT2D eigenvalue weighted by molar-refractivity contribution is 9.10. The van der Waals surface area contributed by atoms with Crippen LogP contribution < -0.4 is 4.74 Å². The Balaban J connectivity index is 2.39. The molecule has 0 radical (unpaired) electrons. The molecule has 17 heavy (non-hydrogen) atoms. The number of ether oxygens (including phenoxy) is 1. The number of rotatable bonds is 3. The molecule has 0 bridgehead atoms. The fourth-order valence-electron chi connectivity index (χ4n) is 1.62. The van der Waals surface area contributed by atoms with Crippen LogP contribution in [0.5, 0.6) is 5.75 Å². The highest BCUT2D eigenvalue weighted by Crippen LogP contribution is 2.31. The summed E-state index contributed by atoms with van der Waals surface area (Å²) in [5.41, 5.74) is 1.51. The van der Waals surface area contributed by atoms with Gasteiger partial charge in [-0.15, -0.1) is 0 Å². The van der Waals surface area contributed by atoms with Crippen LogP contribution in [0.25, 0.3) is 0 Å². The molecule has 1 heterocycles. The van der Waals surface area contributed by atoms with Gasteiger partial charge in [-0.05, 0) is 18.2 Å². The molecular formula is C12H13BrN2O2. The second-order valence-electron chi connectivity index (χ2n) is 3.74. The van der Waals surface area contributed by atoms with Crippen LogP contribution in [0.1, 0.15) is 17.2 Å². The number of nitrogens with zero attached hydrogens (tertiary/aromatic N) is 2. The van der Waals surface area contributed by atoms with Crippen molar-refractivity contribution in [3.05, 3.63) is 46.2 Å². The van der Waals surface area contributed by atoms with Gasteiger partial charge in [-0.25, -0.2) is 0 Å². The van der Waals surface area contributed by atoms with E-state index in [-0.39, 0.29) is 0 Å². The zero-order chi connectivity index (χ0) is 12.4. The van der Waals surface area contributed by atoms with Gasteiger partial charge in [-0.3, -0.25) is 4.68 Å². The summed E-state index contributed by atoms with van der Waals surface area (Å²) in [5, 5.41) is 14.3. The molecule has 1 aromatic carbocycles. The van der Waals surface area contributed by atoms with Crippen LogP contribution in [0.3, 0.4) is 0 Å². The SMILES string of the molecule is COc1ccc(Br)c(C(O)c2cnn(C)c2)c1. The molecule has 0 spiro atoms. The molecule has 1 N–H and O–H groups in total. The van der Waals surface area contributed by atoms with Crippen LogP contribution in [0.4, 0.5) is 0 Å². The molecule has 2 rings (SSSR count). The molecule has 5 heteroatoms. The van der Waals surface area contributed by atoms with Gasteiger partial charge < -0.3 is 9.84 Å². The Morgan fingerprint density at radius 3 is 2.82 bits per heavy atom. The van der Waals surface area contributed by atoms with Crippen molar-refractivity contribution in [1.29, 1.82) is 0 Å². The Kier molecular flexibility index (Phi) is 3.49. The number of halogens is 1. The smallest absolute Gasteiger partial charge is 0.119 e. The van der Waals surface area contributed by atoms with Gasteiger partial charge in [-0.1, -0.05) is 15.9 Å². The van der Waals surface area contributed by atoms with E-state index >= 15 is 0 Å². The summed E-state index contributed by atoms with van der Waals surface area (Å²) in [6.07, 6.45) is 2.72. The lowest BCUT2D eigenvalue weighted by molar-refractivity contribution is 0.219. The molecule has 4 nitrogen and oxygen atoms in total. The van der Waals surface area contributed by atoms with Gasteiger partial charge in [0.1, 0.15) is 11.9 Å². The van der Waals surface area contributed by atoms with E-state index in [0.717, 1.165) is 15.6 Å². The van der Waals surface area contributed by atoms with E-state index in [0.29, 0.717) is 5.75 Å². The van der Waals surface area contributed by atoms with Crippen LogP contribution in [-0.2, 0) is 7.05 Å². The van der Waals surface area contributed by atoms with E-state index in [1.807, 2.05) is 25.2 Å². The minimum absolute atomic E-state index is 0.714. The molecule has 1 aromatic heterocycles. The molecule has 2 aromatic rings. The van der Waals surface area contributed by atoms with Gasteiger partial charge in [0.05, 0.1) is 13.3 Å². The molecular weight excluding hydrogens is 284 g/mol. The Morgan fingerprint density at radius 2 is 2.24 bits per heavy atom. The fourth-order valence-corrected chi connectivity index (χ4v) is 2.08. The number of benzene rings is 1. The van der Waals surface area contributed by atoms with Crippen molar-refractivity contribution < 1.29 is 9.84 Å². The van der Waals surface area contributed by atoms with Crippen LogP contribution in [0.2, 0.25) is 0 Å². The van der Waals surface area contributed by atoms with Gasteiger partial charge in [0, 0.05) is 28.8 Å². The fraction of sp³-hybridized carbons (Fsp3) is 0.250. The zero-order valence-corrected chi connectivity index (χ0v) is 11.2. The second kappa shape index (κ2) is 4.89. The summed E-state index contributed by atoms with van der Waals surface area (Å²) in [6.45, 7) is 0. The molecule has 90 valence electrons. The van der Waals surface area contributed by atoms with Crippen LogP contribution in [0, 0.1) is 0 Å². The van der Waals surface area contributed by atoms with Gasteiger partial charge in [0.2, 0.25) is 0 Å². The first-order chi connectivity index (χ1) is 8.11. The average Bonchev–Trinajstić information content (AvgIpc) is 2.76. The number of aryl methyl sites for hydroxylation is 1. The molecule has 0 aliphatic carbocycles. The quantitative estimate of drug-likeness (QED) is 0.945. The lowest BCUT2D eigenvalue weighted by Gasteiger charge is -2.12. The summed E-state index contributed by atoms with van der Waals surface area (Å²) in [4.78, 5) is 0. The van der Waals surface area contributed by atoms with Crippen molar-refractivity contribution in [2.75, 3.05) is 7.11 Å². The largest absolute Gasteiger partial charge is 0.497 e. The molecule has 0 fully saturated rings. The highest BCUT2D eigenvalue weighted by atomic mass is 79.9. The molecule has 0 amide bonds. The standard InChI is InChI=1S/C12H13BrN2O2/c1-15-7-8(6-14-15)12(16)10-5-9(17-2)3-4-11(10)13/h3-7,12,16H,1-2H3. The predicted octanol–water partition coefficient (Wildman–Crippen LogP) is 2.27. The van der Waals surface area contributed by atoms with Gasteiger partial charge >= 0.3 is 0 Å². The molecule has 0 aliphatic rings. The first-order valence-corrected chi connectivity index (χ1v) is 5.91. The summed E-state index contributed by atoms with van der Waals surface area (Å²) >= 11 is 3.42. The van der Waals surface area contributed by atoms with E-state index in [1.165, 1.54) is 0 Å². The number of hydrogen-bond donors (Lipinski definition) is 1. The number of aromatic nitrogens is 2. The lowest BCUT2D eigenvalue weighted by Crippen LogP contribution is -2.00. The summed E-state index contributed by atoms with van der Waals surface area (Å²) < 4.78 is 7.65. The van der Waals surface area contributed by atoms with E-state index in [9.17, 15) is 5.11 Å². The predicted molar refractivity (Wildman–Crippen MR) is 68.0 cm³/mol. The van der Waals surface area contributed by atoms with E-state index < -0.39 is 6.10 Å². The third-order valence-electron chi connectivity index (χ3n) is 2.54. The van der Waals surface area contributed by atoms with Crippen molar-refractivity contribution in [3.63, 3.8) is 0 Å². The molecule has 0 saturated heterocycles. The molecule has 1 unspecified atom stereocenters. The maximum atomic E-state index is 10.3. The van der Waals surface area contributed by atoms with Crippen molar-refractivity contribution in [2.45, 2.75) is 6.10 Å². The van der Waals surface area contributed by atoms with Crippen LogP contribution >= 0.6 is 15.9 Å².